The van der Waals surface area contributed by atoms with Gasteiger partial charge in [0.1, 0.15) is 5.82 Å². The maximum Gasteiger partial charge on any atom is 0.261 e. The summed E-state index contributed by atoms with van der Waals surface area (Å²) in [6.07, 6.45) is 0. The van der Waals surface area contributed by atoms with Gasteiger partial charge in [0.15, 0.2) is 0 Å². The van der Waals surface area contributed by atoms with Gasteiger partial charge in [-0.3, -0.25) is 4.72 Å². The molecule has 2 heterocycles. The molecule has 2 N–H and O–H groups in total. The number of sulfonamides is 1. The van der Waals surface area contributed by atoms with Gasteiger partial charge in [-0.1, -0.05) is 42.5 Å². The van der Waals surface area contributed by atoms with Crippen molar-refractivity contribution in [3.05, 3.63) is 90.6 Å². The molecule has 8 nitrogen and oxygen atoms in total. The number of benzene rings is 3. The molecule has 0 amide bonds. The van der Waals surface area contributed by atoms with Crippen LogP contribution in [0.25, 0.3) is 11.1 Å². The molecule has 184 valence electrons. The Morgan fingerprint density at radius 1 is 0.806 bits per heavy atom. The zero-order valence-electron chi connectivity index (χ0n) is 19.9. The molecule has 1 saturated heterocycles. The van der Waals surface area contributed by atoms with Crippen LogP contribution in [0.4, 0.5) is 23.1 Å². The molecule has 0 atom stereocenters. The van der Waals surface area contributed by atoms with Gasteiger partial charge in [-0.05, 0) is 54.4 Å². The molecule has 0 aliphatic carbocycles. The Bertz CT molecular complexity index is 1420. The summed E-state index contributed by atoms with van der Waals surface area (Å²) in [5.74, 6) is 1.35. The van der Waals surface area contributed by atoms with Gasteiger partial charge in [0.2, 0.25) is 5.95 Å². The van der Waals surface area contributed by atoms with E-state index >= 15 is 0 Å². The molecule has 4 aromatic rings. The van der Waals surface area contributed by atoms with Gasteiger partial charge in [0, 0.05) is 36.2 Å². The lowest BCUT2D eigenvalue weighted by Gasteiger charge is -2.27. The van der Waals surface area contributed by atoms with Crippen molar-refractivity contribution in [2.75, 3.05) is 41.2 Å². The monoisotopic (exact) mass is 501 g/mol. The maximum absolute atomic E-state index is 12.9. The Morgan fingerprint density at radius 2 is 1.44 bits per heavy atom. The maximum atomic E-state index is 12.9. The minimum absolute atomic E-state index is 0.205. The first kappa shape index (κ1) is 23.8. The second-order valence-corrected chi connectivity index (χ2v) is 10.2. The number of aryl methyl sites for hydroxylation is 1. The highest BCUT2D eigenvalue weighted by molar-refractivity contribution is 7.92. The summed E-state index contributed by atoms with van der Waals surface area (Å²) in [6, 6.07) is 25.6. The first-order valence-corrected chi connectivity index (χ1v) is 13.2. The number of aromatic nitrogens is 2. The van der Waals surface area contributed by atoms with Gasteiger partial charge >= 0.3 is 0 Å². The van der Waals surface area contributed by atoms with Crippen molar-refractivity contribution in [2.24, 2.45) is 0 Å². The molecule has 1 aromatic heterocycles. The smallest absolute Gasteiger partial charge is 0.261 e. The molecule has 3 aromatic carbocycles. The van der Waals surface area contributed by atoms with Crippen molar-refractivity contribution in [1.29, 1.82) is 0 Å². The molecular weight excluding hydrogens is 474 g/mol. The van der Waals surface area contributed by atoms with Crippen LogP contribution in [-0.4, -0.2) is 44.7 Å². The third-order valence-corrected chi connectivity index (χ3v) is 7.21. The van der Waals surface area contributed by atoms with Crippen LogP contribution >= 0.6 is 0 Å². The zero-order valence-corrected chi connectivity index (χ0v) is 20.7. The summed E-state index contributed by atoms with van der Waals surface area (Å²) >= 11 is 0. The van der Waals surface area contributed by atoms with Crippen LogP contribution in [0.2, 0.25) is 0 Å². The van der Waals surface area contributed by atoms with Crippen molar-refractivity contribution in [1.82, 2.24) is 9.97 Å². The number of hydrogen-bond donors (Lipinski definition) is 2. The normalized spacial score (nSPS) is 13.9. The molecule has 0 radical (unpaired) electrons. The molecule has 1 aliphatic rings. The SMILES string of the molecule is Cc1cc(Nc2ccc(NS(=O)(=O)c3ccc(-c4ccccc4)cc3)cc2)nc(N2CCOCC2)n1. The number of nitrogens with one attached hydrogen (secondary N) is 2. The van der Waals surface area contributed by atoms with E-state index < -0.39 is 10.0 Å². The van der Waals surface area contributed by atoms with Crippen LogP contribution in [-0.2, 0) is 14.8 Å². The number of nitrogens with zero attached hydrogens (tertiary/aromatic N) is 3. The Balaban J connectivity index is 1.26. The molecule has 5 rings (SSSR count). The zero-order chi connectivity index (χ0) is 25.0. The molecule has 0 spiro atoms. The highest BCUT2D eigenvalue weighted by Crippen LogP contribution is 2.24. The Hall–Kier alpha value is -3.95. The van der Waals surface area contributed by atoms with E-state index in [-0.39, 0.29) is 4.90 Å². The van der Waals surface area contributed by atoms with Crippen LogP contribution in [0.1, 0.15) is 5.69 Å². The van der Waals surface area contributed by atoms with Crippen LogP contribution in [0.3, 0.4) is 0 Å². The molecular formula is C27H27N5O3S. The predicted octanol–water partition coefficient (Wildman–Crippen LogP) is 4.83. The summed E-state index contributed by atoms with van der Waals surface area (Å²) in [5, 5.41) is 3.28. The van der Waals surface area contributed by atoms with Crippen molar-refractivity contribution < 1.29 is 13.2 Å². The number of ether oxygens (including phenoxy) is 1. The fraction of sp³-hybridized carbons (Fsp3) is 0.185. The second-order valence-electron chi connectivity index (χ2n) is 8.49. The molecule has 1 aliphatic heterocycles. The average Bonchev–Trinajstić information content (AvgIpc) is 2.90. The third-order valence-electron chi connectivity index (χ3n) is 5.82. The molecule has 0 unspecified atom stereocenters. The van der Waals surface area contributed by atoms with Gasteiger partial charge < -0.3 is 15.0 Å². The fourth-order valence-corrected chi connectivity index (χ4v) is 5.02. The largest absolute Gasteiger partial charge is 0.378 e. The molecule has 36 heavy (non-hydrogen) atoms. The van der Waals surface area contributed by atoms with Crippen LogP contribution < -0.4 is 14.9 Å². The van der Waals surface area contributed by atoms with E-state index in [4.69, 9.17) is 4.74 Å². The quantitative estimate of drug-likeness (QED) is 0.374. The third kappa shape index (κ3) is 5.64. The Kier molecular flexibility index (Phi) is 6.84. The van der Waals surface area contributed by atoms with Crippen molar-refractivity contribution >= 4 is 33.2 Å². The highest BCUT2D eigenvalue weighted by Gasteiger charge is 2.16. The van der Waals surface area contributed by atoms with Gasteiger partial charge in [0.05, 0.1) is 18.1 Å². The van der Waals surface area contributed by atoms with Crippen molar-refractivity contribution in [3.63, 3.8) is 0 Å². The van der Waals surface area contributed by atoms with Crippen molar-refractivity contribution in [2.45, 2.75) is 11.8 Å². The lowest BCUT2D eigenvalue weighted by Crippen LogP contribution is -2.37. The van der Waals surface area contributed by atoms with E-state index in [1.54, 1.807) is 24.3 Å². The number of anilines is 4. The Morgan fingerprint density at radius 3 is 2.14 bits per heavy atom. The summed E-state index contributed by atoms with van der Waals surface area (Å²) in [7, 11) is -3.71. The molecule has 9 heteroatoms. The predicted molar refractivity (Wildman–Crippen MR) is 142 cm³/mol. The molecule has 0 bridgehead atoms. The fourth-order valence-electron chi connectivity index (χ4n) is 3.96. The highest BCUT2D eigenvalue weighted by atomic mass is 32.2. The van der Waals surface area contributed by atoms with E-state index in [9.17, 15) is 8.42 Å². The van der Waals surface area contributed by atoms with Gasteiger partial charge in [-0.25, -0.2) is 13.4 Å². The lowest BCUT2D eigenvalue weighted by atomic mass is 10.1. The molecule has 0 saturated carbocycles. The topological polar surface area (TPSA) is 96.5 Å². The van der Waals surface area contributed by atoms with Gasteiger partial charge in [-0.15, -0.1) is 0 Å². The van der Waals surface area contributed by atoms with E-state index in [2.05, 4.69) is 24.9 Å². The summed E-state index contributed by atoms with van der Waals surface area (Å²) in [5.41, 5.74) is 4.11. The van der Waals surface area contributed by atoms with Crippen molar-refractivity contribution in [3.8, 4) is 11.1 Å². The van der Waals surface area contributed by atoms with Crippen LogP contribution in [0.15, 0.2) is 89.8 Å². The summed E-state index contributed by atoms with van der Waals surface area (Å²) < 4.78 is 33.8. The number of rotatable bonds is 7. The van der Waals surface area contributed by atoms with Crippen LogP contribution in [0.5, 0.6) is 0 Å². The number of hydrogen-bond acceptors (Lipinski definition) is 7. The van der Waals surface area contributed by atoms with E-state index in [1.807, 2.05) is 67.6 Å². The Labute approximate surface area is 211 Å². The minimum atomic E-state index is -3.71. The van der Waals surface area contributed by atoms with E-state index in [0.29, 0.717) is 30.7 Å². The van der Waals surface area contributed by atoms with E-state index in [0.717, 1.165) is 35.6 Å². The lowest BCUT2D eigenvalue weighted by molar-refractivity contribution is 0.122. The standard InChI is InChI=1S/C27H27N5O3S/c1-20-19-26(30-27(28-20)32-15-17-35-18-16-32)29-23-9-11-24(12-10-23)31-36(33,34)25-13-7-22(8-14-25)21-5-3-2-4-6-21/h2-14,19,31H,15-18H2,1H3,(H,28,29,30). The minimum Gasteiger partial charge on any atom is -0.378 e. The van der Waals surface area contributed by atoms with E-state index in [1.165, 1.54) is 0 Å². The number of morpholine rings is 1. The summed E-state index contributed by atoms with van der Waals surface area (Å²) in [4.78, 5) is 11.5. The van der Waals surface area contributed by atoms with Gasteiger partial charge in [0.25, 0.3) is 10.0 Å². The average molecular weight is 502 g/mol. The van der Waals surface area contributed by atoms with Gasteiger partial charge in [-0.2, -0.15) is 4.98 Å². The first-order valence-electron chi connectivity index (χ1n) is 11.7. The first-order chi connectivity index (χ1) is 17.5. The summed E-state index contributed by atoms with van der Waals surface area (Å²) in [6.45, 7) is 4.77. The molecule has 1 fully saturated rings. The second kappa shape index (κ2) is 10.3. The van der Waals surface area contributed by atoms with Crippen LogP contribution in [0, 0.1) is 6.92 Å².